The van der Waals surface area contributed by atoms with Gasteiger partial charge in [0, 0.05) is 42.2 Å². The van der Waals surface area contributed by atoms with E-state index in [0.717, 1.165) is 28.0 Å². The van der Waals surface area contributed by atoms with Gasteiger partial charge in [0.15, 0.2) is 14.6 Å². The van der Waals surface area contributed by atoms with E-state index in [2.05, 4.69) is 4.98 Å². The number of hydroxylamine groups is 1. The molecule has 2 heterocycles. The minimum atomic E-state index is -3.82. The smallest absolute Gasteiger partial charge is 0.264 e. The molecule has 0 saturated heterocycles. The van der Waals surface area contributed by atoms with Gasteiger partial charge in [-0.1, -0.05) is 24.3 Å². The van der Waals surface area contributed by atoms with Gasteiger partial charge in [-0.3, -0.25) is 14.8 Å². The number of rotatable bonds is 7. The fourth-order valence-corrected chi connectivity index (χ4v) is 4.45. The number of sulfone groups is 1. The van der Waals surface area contributed by atoms with Crippen molar-refractivity contribution in [3.05, 3.63) is 64.5 Å². The van der Waals surface area contributed by atoms with E-state index in [4.69, 9.17) is 5.21 Å². The number of amides is 1. The maximum atomic E-state index is 12.5. The minimum absolute atomic E-state index is 0.000904. The number of hydrogen-bond acceptors (Lipinski definition) is 7. The number of nitrogens with one attached hydrogen (secondary N) is 1. The molecule has 0 bridgehead atoms. The summed E-state index contributed by atoms with van der Waals surface area (Å²) < 4.78 is 23.6. The van der Waals surface area contributed by atoms with Crippen LogP contribution < -0.4 is 11.0 Å². The third-order valence-corrected chi connectivity index (χ3v) is 7.97. The van der Waals surface area contributed by atoms with Crippen LogP contribution in [0.2, 0.25) is 0 Å². The van der Waals surface area contributed by atoms with Crippen LogP contribution in [0.15, 0.2) is 59.0 Å². The van der Waals surface area contributed by atoms with Crippen molar-refractivity contribution in [2.24, 2.45) is 0 Å². The van der Waals surface area contributed by atoms with Gasteiger partial charge in [-0.15, -0.1) is 11.3 Å². The molecule has 0 radical (unpaired) electrons. The van der Waals surface area contributed by atoms with Gasteiger partial charge in [0.05, 0.1) is 0 Å². The summed E-state index contributed by atoms with van der Waals surface area (Å²) in [6.07, 6.45) is 4.06. The van der Waals surface area contributed by atoms with E-state index >= 15 is 0 Å². The predicted octanol–water partition coefficient (Wildman–Crippen LogP) is 2.34. The second-order valence-corrected chi connectivity index (χ2v) is 10.4. The van der Waals surface area contributed by atoms with Gasteiger partial charge >= 0.3 is 0 Å². The summed E-state index contributed by atoms with van der Waals surface area (Å²) >= 11 is 1.54. The zero-order valence-electron chi connectivity index (χ0n) is 16.4. The van der Waals surface area contributed by atoms with Crippen LogP contribution in [0.25, 0.3) is 21.7 Å². The monoisotopic (exact) mass is 447 g/mol. The van der Waals surface area contributed by atoms with Crippen molar-refractivity contribution >= 4 is 27.1 Å². The fraction of sp³-hybridized carbons (Fsp3) is 0.250. The van der Waals surface area contributed by atoms with Gasteiger partial charge in [-0.25, -0.2) is 18.9 Å². The Morgan fingerprint density at radius 2 is 1.87 bits per heavy atom. The Morgan fingerprint density at radius 3 is 2.40 bits per heavy atom. The molecule has 0 aliphatic heterocycles. The molecule has 3 aromatic rings. The molecule has 1 amide bonds. The topological polar surface area (TPSA) is 118 Å². The molecule has 30 heavy (non-hydrogen) atoms. The first kappa shape index (κ1) is 21.9. The maximum absolute atomic E-state index is 12.5. The summed E-state index contributed by atoms with van der Waals surface area (Å²) in [6, 6.07) is 10.9. The summed E-state index contributed by atoms with van der Waals surface area (Å²) in [5, 5.41) is 11.7. The number of pyridine rings is 1. The lowest BCUT2D eigenvalue weighted by atomic mass is 10.0. The van der Waals surface area contributed by atoms with Crippen molar-refractivity contribution in [3.63, 3.8) is 0 Å². The molecule has 0 aliphatic carbocycles. The standard InChI is InChI=1S/C20H21N3O5S2/c1-20(19(25)22-26,30(2,27)28)8-11-23-10-7-16(13-17(23)24)14-3-5-15(6-4-14)18-21-9-12-29-18/h3-7,9-10,12-13,26H,8,11H2,1-2H3,(H,22,25)/t20-/m1/s1. The first-order chi connectivity index (χ1) is 14.2. The lowest BCUT2D eigenvalue weighted by Gasteiger charge is -2.25. The summed E-state index contributed by atoms with van der Waals surface area (Å²) in [4.78, 5) is 28.7. The molecular weight excluding hydrogens is 426 g/mol. The van der Waals surface area contributed by atoms with Crippen LogP contribution in [-0.2, 0) is 21.2 Å². The van der Waals surface area contributed by atoms with Crippen molar-refractivity contribution in [2.75, 3.05) is 6.26 Å². The van der Waals surface area contributed by atoms with E-state index < -0.39 is 20.5 Å². The van der Waals surface area contributed by atoms with Crippen molar-refractivity contribution in [1.29, 1.82) is 0 Å². The Bertz CT molecular complexity index is 1200. The summed E-state index contributed by atoms with van der Waals surface area (Å²) in [6.45, 7) is 1.22. The van der Waals surface area contributed by atoms with Crippen LogP contribution in [0.5, 0.6) is 0 Å². The van der Waals surface area contributed by atoms with E-state index in [0.29, 0.717) is 0 Å². The second kappa shape index (κ2) is 8.50. The van der Waals surface area contributed by atoms with Crippen LogP contribution in [0.3, 0.4) is 0 Å². The number of hydrogen-bond donors (Lipinski definition) is 2. The lowest BCUT2D eigenvalue weighted by molar-refractivity contribution is -0.131. The van der Waals surface area contributed by atoms with Crippen LogP contribution >= 0.6 is 11.3 Å². The number of carbonyl (C=O) groups is 1. The van der Waals surface area contributed by atoms with E-state index in [1.807, 2.05) is 29.6 Å². The molecule has 0 unspecified atom stereocenters. The SMILES string of the molecule is C[C@@](CCn1ccc(-c2ccc(-c3nccs3)cc2)cc1=O)(C(=O)NO)S(C)(=O)=O. The van der Waals surface area contributed by atoms with Gasteiger partial charge in [0.1, 0.15) is 5.01 Å². The molecule has 0 spiro atoms. The van der Waals surface area contributed by atoms with Crippen molar-refractivity contribution in [3.8, 4) is 21.7 Å². The van der Waals surface area contributed by atoms with Gasteiger partial charge < -0.3 is 4.57 Å². The summed E-state index contributed by atoms with van der Waals surface area (Å²) in [5.41, 5.74) is 3.65. The van der Waals surface area contributed by atoms with Crippen molar-refractivity contribution in [1.82, 2.24) is 15.0 Å². The third-order valence-electron chi connectivity index (χ3n) is 5.12. The minimum Gasteiger partial charge on any atom is -0.315 e. The van der Waals surface area contributed by atoms with Gasteiger partial charge in [0.25, 0.3) is 11.5 Å². The zero-order chi connectivity index (χ0) is 21.9. The van der Waals surface area contributed by atoms with Gasteiger partial charge in [0.2, 0.25) is 0 Å². The quantitative estimate of drug-likeness (QED) is 0.424. The van der Waals surface area contributed by atoms with Crippen LogP contribution in [0.1, 0.15) is 13.3 Å². The molecule has 2 N–H and O–H groups in total. The van der Waals surface area contributed by atoms with Crippen LogP contribution in [0, 0.1) is 0 Å². The molecule has 0 aliphatic rings. The molecule has 0 fully saturated rings. The maximum Gasteiger partial charge on any atom is 0.264 e. The van der Waals surface area contributed by atoms with Crippen LogP contribution in [0.4, 0.5) is 0 Å². The largest absolute Gasteiger partial charge is 0.315 e. The summed E-state index contributed by atoms with van der Waals surface area (Å²) in [7, 11) is -3.82. The number of aromatic nitrogens is 2. The molecule has 158 valence electrons. The first-order valence-electron chi connectivity index (χ1n) is 9.00. The third kappa shape index (κ3) is 4.35. The molecular formula is C20H21N3O5S2. The Morgan fingerprint density at radius 1 is 1.20 bits per heavy atom. The Hall–Kier alpha value is -2.82. The molecule has 1 atom stereocenters. The van der Waals surface area contributed by atoms with Gasteiger partial charge in [-0.2, -0.15) is 0 Å². The Balaban J connectivity index is 1.80. The predicted molar refractivity (Wildman–Crippen MR) is 115 cm³/mol. The van der Waals surface area contributed by atoms with Crippen molar-refractivity contribution < 1.29 is 18.4 Å². The lowest BCUT2D eigenvalue weighted by Crippen LogP contribution is -2.49. The van der Waals surface area contributed by atoms with E-state index in [1.165, 1.54) is 23.0 Å². The van der Waals surface area contributed by atoms with E-state index in [-0.39, 0.29) is 18.5 Å². The first-order valence-corrected chi connectivity index (χ1v) is 11.8. The fourth-order valence-electron chi connectivity index (χ4n) is 2.96. The van der Waals surface area contributed by atoms with Gasteiger partial charge in [-0.05, 0) is 30.5 Å². The average Bonchev–Trinajstić information content (AvgIpc) is 3.26. The Labute approximate surface area is 177 Å². The van der Waals surface area contributed by atoms with Crippen LogP contribution in [-0.4, -0.2) is 40.1 Å². The number of thiazole rings is 1. The number of aryl methyl sites for hydroxylation is 1. The zero-order valence-corrected chi connectivity index (χ0v) is 18.0. The molecule has 1 aromatic carbocycles. The highest BCUT2D eigenvalue weighted by Crippen LogP contribution is 2.26. The average molecular weight is 448 g/mol. The second-order valence-electron chi connectivity index (χ2n) is 7.06. The number of nitrogens with zero attached hydrogens (tertiary/aromatic N) is 2. The van der Waals surface area contributed by atoms with E-state index in [1.54, 1.807) is 29.8 Å². The Kier molecular flexibility index (Phi) is 6.20. The van der Waals surface area contributed by atoms with E-state index in [9.17, 15) is 18.0 Å². The molecule has 0 saturated carbocycles. The highest BCUT2D eigenvalue weighted by atomic mass is 32.2. The highest BCUT2D eigenvalue weighted by molar-refractivity contribution is 7.92. The molecule has 8 nitrogen and oxygen atoms in total. The summed E-state index contributed by atoms with van der Waals surface area (Å²) in [5.74, 6) is -1.03. The molecule has 10 heteroatoms. The number of carbonyl (C=O) groups excluding carboxylic acids is 1. The number of benzene rings is 1. The van der Waals surface area contributed by atoms with Crippen molar-refractivity contribution in [2.45, 2.75) is 24.6 Å². The highest BCUT2D eigenvalue weighted by Gasteiger charge is 2.43. The molecule has 3 rings (SSSR count). The normalized spacial score (nSPS) is 13.6. The molecule has 2 aromatic heterocycles.